The van der Waals surface area contributed by atoms with Crippen molar-refractivity contribution in [2.24, 2.45) is 5.73 Å². The Morgan fingerprint density at radius 3 is 2.56 bits per heavy atom. The van der Waals surface area contributed by atoms with Crippen molar-refractivity contribution >= 4 is 0 Å². The predicted molar refractivity (Wildman–Crippen MR) is 67.7 cm³/mol. The lowest BCUT2D eigenvalue weighted by Gasteiger charge is -2.08. The summed E-state index contributed by atoms with van der Waals surface area (Å²) in [5, 5.41) is 0. The Bertz CT molecular complexity index is 502. The van der Waals surface area contributed by atoms with Crippen LogP contribution in [-0.4, -0.2) is 11.6 Å². The molecule has 94 valence electrons. The van der Waals surface area contributed by atoms with Crippen LogP contribution in [0.3, 0.4) is 0 Å². The monoisotopic (exact) mass is 246 g/mol. The number of benzene rings is 1. The van der Waals surface area contributed by atoms with Gasteiger partial charge in [-0.2, -0.15) is 0 Å². The van der Waals surface area contributed by atoms with Gasteiger partial charge in [-0.05, 0) is 35.4 Å². The van der Waals surface area contributed by atoms with Gasteiger partial charge in [0.2, 0.25) is 0 Å². The van der Waals surface area contributed by atoms with E-state index < -0.39 is 0 Å². The van der Waals surface area contributed by atoms with Crippen LogP contribution in [0.15, 0.2) is 42.7 Å². The van der Waals surface area contributed by atoms with Gasteiger partial charge < -0.3 is 10.5 Å². The Hall–Kier alpha value is -1.94. The fraction of sp³-hybridized carbons (Fsp3) is 0.214. The van der Waals surface area contributed by atoms with E-state index in [1.165, 1.54) is 6.07 Å². The number of hydrogen-bond donors (Lipinski definition) is 1. The van der Waals surface area contributed by atoms with Gasteiger partial charge >= 0.3 is 0 Å². The molecule has 0 aliphatic heterocycles. The summed E-state index contributed by atoms with van der Waals surface area (Å²) in [7, 11) is 0. The van der Waals surface area contributed by atoms with Crippen LogP contribution in [0.25, 0.3) is 0 Å². The first kappa shape index (κ1) is 12.5. The molecule has 0 unspecified atom stereocenters. The van der Waals surface area contributed by atoms with Crippen LogP contribution in [0.1, 0.15) is 11.1 Å². The summed E-state index contributed by atoms with van der Waals surface area (Å²) in [4.78, 5) is 3.93. The van der Waals surface area contributed by atoms with E-state index in [-0.39, 0.29) is 11.6 Å². The first-order valence-electron chi connectivity index (χ1n) is 5.80. The summed E-state index contributed by atoms with van der Waals surface area (Å²) >= 11 is 0. The minimum absolute atomic E-state index is 0.265. The zero-order valence-electron chi connectivity index (χ0n) is 9.97. The van der Waals surface area contributed by atoms with Gasteiger partial charge in [-0.15, -0.1) is 0 Å². The topological polar surface area (TPSA) is 48.1 Å². The fourth-order valence-electron chi connectivity index (χ4n) is 1.62. The van der Waals surface area contributed by atoms with E-state index in [4.69, 9.17) is 10.5 Å². The molecule has 0 saturated heterocycles. The fourth-order valence-corrected chi connectivity index (χ4v) is 1.62. The molecule has 4 heteroatoms. The lowest BCUT2D eigenvalue weighted by atomic mass is 10.2. The average Bonchev–Trinajstić information content (AvgIpc) is 2.42. The highest BCUT2D eigenvalue weighted by atomic mass is 19.1. The summed E-state index contributed by atoms with van der Waals surface area (Å²) in [6, 6.07) is 8.62. The molecular formula is C14H15FN2O. The van der Waals surface area contributed by atoms with Crippen LogP contribution >= 0.6 is 0 Å². The number of rotatable bonds is 5. The normalized spacial score (nSPS) is 10.3. The molecule has 0 spiro atoms. The molecule has 2 aromatic rings. The summed E-state index contributed by atoms with van der Waals surface area (Å²) in [5.74, 6) is -0.103. The highest BCUT2D eigenvalue weighted by Gasteiger charge is 2.04. The van der Waals surface area contributed by atoms with Crippen molar-refractivity contribution in [2.45, 2.75) is 13.0 Å². The maximum atomic E-state index is 13.6. The Morgan fingerprint density at radius 1 is 1.11 bits per heavy atom. The van der Waals surface area contributed by atoms with Gasteiger partial charge in [-0.25, -0.2) is 4.39 Å². The van der Waals surface area contributed by atoms with Crippen molar-refractivity contribution in [2.75, 3.05) is 6.61 Å². The first-order valence-corrected chi connectivity index (χ1v) is 5.80. The Balaban J connectivity index is 1.91. The van der Waals surface area contributed by atoms with Crippen LogP contribution in [0.4, 0.5) is 4.39 Å². The van der Waals surface area contributed by atoms with Crippen molar-refractivity contribution in [3.63, 3.8) is 0 Å². The molecule has 0 amide bonds. The molecule has 0 atom stereocenters. The molecule has 0 aliphatic carbocycles. The summed E-state index contributed by atoms with van der Waals surface area (Å²) < 4.78 is 19.0. The summed E-state index contributed by atoms with van der Waals surface area (Å²) in [6.07, 6.45) is 4.18. The molecule has 0 fully saturated rings. The summed E-state index contributed by atoms with van der Waals surface area (Å²) in [6.45, 7) is 0.761. The van der Waals surface area contributed by atoms with Gasteiger partial charge in [-0.3, -0.25) is 4.98 Å². The Morgan fingerprint density at radius 2 is 1.89 bits per heavy atom. The lowest BCUT2D eigenvalue weighted by Crippen LogP contribution is -2.04. The number of ether oxygens (including phenoxy) is 1. The van der Waals surface area contributed by atoms with Gasteiger partial charge in [-0.1, -0.05) is 6.07 Å². The van der Waals surface area contributed by atoms with Gasteiger partial charge in [0.1, 0.15) is 0 Å². The quantitative estimate of drug-likeness (QED) is 0.880. The minimum atomic E-state index is -0.368. The molecule has 0 saturated carbocycles. The molecule has 1 aromatic carbocycles. The van der Waals surface area contributed by atoms with E-state index in [1.807, 2.05) is 12.1 Å². The van der Waals surface area contributed by atoms with Crippen LogP contribution in [-0.2, 0) is 13.0 Å². The smallest absolute Gasteiger partial charge is 0.165 e. The highest BCUT2D eigenvalue weighted by molar-refractivity contribution is 5.29. The molecule has 3 nitrogen and oxygen atoms in total. The van der Waals surface area contributed by atoms with Crippen LogP contribution < -0.4 is 10.5 Å². The molecule has 0 bridgehead atoms. The SMILES string of the molecule is NCc1ccc(OCCc2ccncc2)c(F)c1. The molecule has 0 aliphatic rings. The molecule has 2 N–H and O–H groups in total. The summed E-state index contributed by atoms with van der Waals surface area (Å²) in [5.41, 5.74) is 7.30. The van der Waals surface area contributed by atoms with E-state index in [2.05, 4.69) is 4.98 Å². The third-order valence-corrected chi connectivity index (χ3v) is 2.63. The maximum absolute atomic E-state index is 13.6. The third-order valence-electron chi connectivity index (χ3n) is 2.63. The maximum Gasteiger partial charge on any atom is 0.165 e. The third kappa shape index (κ3) is 3.28. The number of nitrogens with two attached hydrogens (primary N) is 1. The van der Waals surface area contributed by atoms with E-state index in [0.717, 1.165) is 17.5 Å². The van der Waals surface area contributed by atoms with Crippen molar-refractivity contribution < 1.29 is 9.13 Å². The number of aromatic nitrogens is 1. The molecular weight excluding hydrogens is 231 g/mol. The second-order valence-electron chi connectivity index (χ2n) is 3.92. The first-order chi connectivity index (χ1) is 8.79. The van der Waals surface area contributed by atoms with Gasteiger partial charge in [0.25, 0.3) is 0 Å². The number of hydrogen-bond acceptors (Lipinski definition) is 3. The van der Waals surface area contributed by atoms with Crippen molar-refractivity contribution in [1.82, 2.24) is 4.98 Å². The van der Waals surface area contributed by atoms with Crippen molar-refractivity contribution in [1.29, 1.82) is 0 Å². The number of nitrogens with zero attached hydrogens (tertiary/aromatic N) is 1. The van der Waals surface area contributed by atoms with E-state index in [9.17, 15) is 4.39 Å². The highest BCUT2D eigenvalue weighted by Crippen LogP contribution is 2.18. The molecule has 1 aromatic heterocycles. The Kier molecular flexibility index (Phi) is 4.25. The number of pyridine rings is 1. The zero-order valence-corrected chi connectivity index (χ0v) is 9.97. The van der Waals surface area contributed by atoms with Gasteiger partial charge in [0, 0.05) is 25.4 Å². The zero-order chi connectivity index (χ0) is 12.8. The van der Waals surface area contributed by atoms with Gasteiger partial charge in [0.15, 0.2) is 11.6 Å². The second-order valence-corrected chi connectivity index (χ2v) is 3.92. The van der Waals surface area contributed by atoms with Crippen molar-refractivity contribution in [3.05, 3.63) is 59.7 Å². The van der Waals surface area contributed by atoms with E-state index >= 15 is 0 Å². The standard InChI is InChI=1S/C14H15FN2O/c15-13-9-12(10-16)1-2-14(13)18-8-5-11-3-6-17-7-4-11/h1-4,6-7,9H,5,8,10,16H2. The minimum Gasteiger partial charge on any atom is -0.490 e. The largest absolute Gasteiger partial charge is 0.490 e. The van der Waals surface area contributed by atoms with Crippen molar-refractivity contribution in [3.8, 4) is 5.75 Å². The van der Waals surface area contributed by atoms with E-state index in [1.54, 1.807) is 24.5 Å². The van der Waals surface area contributed by atoms with Crippen LogP contribution in [0, 0.1) is 5.82 Å². The average molecular weight is 246 g/mol. The lowest BCUT2D eigenvalue weighted by molar-refractivity contribution is 0.305. The molecule has 1 heterocycles. The predicted octanol–water partition coefficient (Wildman–Crippen LogP) is 2.30. The second kappa shape index (κ2) is 6.12. The molecule has 18 heavy (non-hydrogen) atoms. The molecule has 2 rings (SSSR count). The molecule has 0 radical (unpaired) electrons. The van der Waals surface area contributed by atoms with Crippen LogP contribution in [0.2, 0.25) is 0 Å². The van der Waals surface area contributed by atoms with Gasteiger partial charge in [0.05, 0.1) is 6.61 Å². The number of halogens is 1. The Labute approximate surface area is 105 Å². The van der Waals surface area contributed by atoms with Crippen LogP contribution in [0.5, 0.6) is 5.75 Å². The van der Waals surface area contributed by atoms with E-state index in [0.29, 0.717) is 13.2 Å².